The van der Waals surface area contributed by atoms with E-state index >= 15 is 0 Å². The normalized spacial score (nSPS) is 47.0. The average molecular weight is 338 g/mol. The van der Waals surface area contributed by atoms with Gasteiger partial charge in [0, 0.05) is 24.2 Å². The SMILES string of the molecule is CC(=O)O[C@@H]1[C@@H](C)[C@@H]2C=CC(=O)[C@@]2(C)C[C@H]2[C@H]1OC(=O)[C@]2(O)CO. The quantitative estimate of drug-likeness (QED) is 0.681. The molecule has 1 heterocycles. The van der Waals surface area contributed by atoms with Gasteiger partial charge in [-0.15, -0.1) is 0 Å². The third kappa shape index (κ3) is 2.14. The van der Waals surface area contributed by atoms with Crippen LogP contribution in [0.2, 0.25) is 0 Å². The fraction of sp³-hybridized carbons (Fsp3) is 0.706. The molecular weight excluding hydrogens is 316 g/mol. The van der Waals surface area contributed by atoms with Crippen molar-refractivity contribution in [3.8, 4) is 0 Å². The Morgan fingerprint density at radius 3 is 2.71 bits per heavy atom. The van der Waals surface area contributed by atoms with E-state index in [4.69, 9.17) is 9.47 Å². The van der Waals surface area contributed by atoms with Gasteiger partial charge in [0.15, 0.2) is 11.4 Å². The maximum absolute atomic E-state index is 12.5. The molecule has 132 valence electrons. The third-order valence-corrected chi connectivity index (χ3v) is 5.96. The summed E-state index contributed by atoms with van der Waals surface area (Å²) >= 11 is 0. The third-order valence-electron chi connectivity index (χ3n) is 5.96. The van der Waals surface area contributed by atoms with Crippen molar-refractivity contribution < 1.29 is 34.1 Å². The average Bonchev–Trinajstić information content (AvgIpc) is 2.91. The van der Waals surface area contributed by atoms with Gasteiger partial charge < -0.3 is 19.7 Å². The van der Waals surface area contributed by atoms with Gasteiger partial charge in [0.05, 0.1) is 6.61 Å². The van der Waals surface area contributed by atoms with E-state index in [1.165, 1.54) is 13.0 Å². The van der Waals surface area contributed by atoms with Crippen LogP contribution in [0.4, 0.5) is 0 Å². The number of fused-ring (bicyclic) bond motifs is 2. The van der Waals surface area contributed by atoms with Crippen molar-refractivity contribution >= 4 is 17.7 Å². The molecule has 1 saturated carbocycles. The number of ether oxygens (including phenoxy) is 2. The number of aliphatic hydroxyl groups is 2. The lowest BCUT2D eigenvalue weighted by Gasteiger charge is -2.35. The molecule has 1 aliphatic heterocycles. The Morgan fingerprint density at radius 1 is 1.46 bits per heavy atom. The van der Waals surface area contributed by atoms with E-state index in [0.29, 0.717) is 0 Å². The van der Waals surface area contributed by atoms with Crippen LogP contribution in [-0.2, 0) is 23.9 Å². The maximum Gasteiger partial charge on any atom is 0.341 e. The lowest BCUT2D eigenvalue weighted by Crippen LogP contribution is -2.48. The first-order valence-corrected chi connectivity index (χ1v) is 8.09. The van der Waals surface area contributed by atoms with Gasteiger partial charge in [0.2, 0.25) is 0 Å². The Balaban J connectivity index is 2.10. The van der Waals surface area contributed by atoms with Crippen LogP contribution in [0.1, 0.15) is 27.2 Å². The van der Waals surface area contributed by atoms with Crippen LogP contribution in [0.3, 0.4) is 0 Å². The fourth-order valence-corrected chi connectivity index (χ4v) is 4.57. The first-order chi connectivity index (χ1) is 11.1. The Hall–Kier alpha value is -1.73. The summed E-state index contributed by atoms with van der Waals surface area (Å²) < 4.78 is 10.7. The van der Waals surface area contributed by atoms with Gasteiger partial charge in [-0.1, -0.05) is 19.9 Å². The number of rotatable bonds is 2. The molecule has 0 aromatic carbocycles. The van der Waals surface area contributed by atoms with Crippen molar-refractivity contribution in [2.45, 2.75) is 45.0 Å². The molecule has 0 aromatic rings. The molecule has 0 unspecified atom stereocenters. The maximum atomic E-state index is 12.5. The number of allylic oxidation sites excluding steroid dienone is 2. The molecule has 2 N–H and O–H groups in total. The summed E-state index contributed by atoms with van der Waals surface area (Å²) in [5.41, 5.74) is -2.93. The fourth-order valence-electron chi connectivity index (χ4n) is 4.57. The van der Waals surface area contributed by atoms with Crippen molar-refractivity contribution in [2.75, 3.05) is 6.61 Å². The van der Waals surface area contributed by atoms with Crippen molar-refractivity contribution in [1.29, 1.82) is 0 Å². The zero-order valence-corrected chi connectivity index (χ0v) is 13.9. The Bertz CT molecular complexity index is 626. The summed E-state index contributed by atoms with van der Waals surface area (Å²) in [4.78, 5) is 36.2. The minimum absolute atomic E-state index is 0.0961. The summed E-state index contributed by atoms with van der Waals surface area (Å²) in [5, 5.41) is 20.2. The van der Waals surface area contributed by atoms with Crippen LogP contribution < -0.4 is 0 Å². The van der Waals surface area contributed by atoms with Crippen molar-refractivity contribution in [3.63, 3.8) is 0 Å². The van der Waals surface area contributed by atoms with E-state index in [2.05, 4.69) is 0 Å². The molecule has 2 fully saturated rings. The van der Waals surface area contributed by atoms with Gasteiger partial charge in [0.1, 0.15) is 12.2 Å². The van der Waals surface area contributed by atoms with Gasteiger partial charge in [-0.05, 0) is 18.4 Å². The molecule has 0 bridgehead atoms. The molecule has 0 radical (unpaired) electrons. The number of ketones is 1. The van der Waals surface area contributed by atoms with Gasteiger partial charge in [-0.3, -0.25) is 9.59 Å². The molecule has 3 rings (SSSR count). The standard InChI is InChI=1S/C17H22O7/c1-8-10-4-5-12(20)16(10,3)6-11-14(13(8)23-9(2)19)24-15(21)17(11,22)7-18/h4-5,8,10-11,13-14,18,22H,6-7H2,1-3H3/t8-,10-,11-,13+,14+,16-,17-/m0/s1. The van der Waals surface area contributed by atoms with Crippen LogP contribution in [0, 0.1) is 23.2 Å². The predicted octanol–water partition coefficient (Wildman–Crippen LogP) is -0.0157. The lowest BCUT2D eigenvalue weighted by molar-refractivity contribution is -0.168. The molecule has 0 amide bonds. The lowest BCUT2D eigenvalue weighted by atomic mass is 9.68. The van der Waals surface area contributed by atoms with Crippen LogP contribution in [0.5, 0.6) is 0 Å². The van der Waals surface area contributed by atoms with Gasteiger partial charge in [-0.25, -0.2) is 4.79 Å². The Morgan fingerprint density at radius 2 is 2.12 bits per heavy atom. The first kappa shape index (κ1) is 17.1. The summed E-state index contributed by atoms with van der Waals surface area (Å²) in [6.07, 6.45) is 1.78. The molecule has 3 aliphatic rings. The highest BCUT2D eigenvalue weighted by molar-refractivity contribution is 5.98. The molecule has 0 spiro atoms. The summed E-state index contributed by atoms with van der Waals surface area (Å²) in [7, 11) is 0. The number of esters is 2. The van der Waals surface area contributed by atoms with Crippen LogP contribution in [0.25, 0.3) is 0 Å². The highest BCUT2D eigenvalue weighted by Gasteiger charge is 2.65. The summed E-state index contributed by atoms with van der Waals surface area (Å²) in [6.45, 7) is 4.07. The van der Waals surface area contributed by atoms with Crippen LogP contribution in [0.15, 0.2) is 12.2 Å². The van der Waals surface area contributed by atoms with Gasteiger partial charge in [0.25, 0.3) is 0 Å². The number of carbonyl (C=O) groups excluding carboxylic acids is 3. The minimum atomic E-state index is -2.09. The van der Waals surface area contributed by atoms with Crippen LogP contribution in [-0.4, -0.2) is 52.4 Å². The van der Waals surface area contributed by atoms with E-state index in [9.17, 15) is 24.6 Å². The topological polar surface area (TPSA) is 110 Å². The number of aliphatic hydroxyl groups excluding tert-OH is 1. The van der Waals surface area contributed by atoms with Crippen molar-refractivity contribution in [1.82, 2.24) is 0 Å². The molecule has 0 aromatic heterocycles. The van der Waals surface area contributed by atoms with E-state index in [1.54, 1.807) is 13.0 Å². The second-order valence-electron chi connectivity index (χ2n) is 7.36. The predicted molar refractivity (Wildman–Crippen MR) is 80.5 cm³/mol. The number of hydrogen-bond donors (Lipinski definition) is 2. The van der Waals surface area contributed by atoms with E-state index in [-0.39, 0.29) is 24.0 Å². The first-order valence-electron chi connectivity index (χ1n) is 8.09. The van der Waals surface area contributed by atoms with Gasteiger partial charge in [-0.2, -0.15) is 0 Å². The number of carbonyl (C=O) groups is 3. The number of hydrogen-bond acceptors (Lipinski definition) is 7. The highest BCUT2D eigenvalue weighted by atomic mass is 16.6. The molecular formula is C17H22O7. The van der Waals surface area contributed by atoms with Crippen LogP contribution >= 0.6 is 0 Å². The monoisotopic (exact) mass is 338 g/mol. The second-order valence-corrected chi connectivity index (χ2v) is 7.36. The molecule has 24 heavy (non-hydrogen) atoms. The zero-order chi connectivity index (χ0) is 17.9. The minimum Gasteiger partial charge on any atom is -0.458 e. The van der Waals surface area contributed by atoms with Crippen molar-refractivity contribution in [2.24, 2.45) is 23.2 Å². The Labute approximate surface area is 139 Å². The smallest absolute Gasteiger partial charge is 0.341 e. The van der Waals surface area contributed by atoms with E-state index < -0.39 is 47.7 Å². The van der Waals surface area contributed by atoms with Crippen molar-refractivity contribution in [3.05, 3.63) is 12.2 Å². The highest BCUT2D eigenvalue weighted by Crippen LogP contribution is 2.54. The molecule has 2 aliphatic carbocycles. The zero-order valence-electron chi connectivity index (χ0n) is 13.9. The van der Waals surface area contributed by atoms with E-state index in [1.807, 2.05) is 6.92 Å². The second kappa shape index (κ2) is 5.39. The molecule has 7 nitrogen and oxygen atoms in total. The summed E-state index contributed by atoms with van der Waals surface area (Å²) in [5.74, 6) is -2.89. The largest absolute Gasteiger partial charge is 0.458 e. The molecule has 7 heteroatoms. The molecule has 1 saturated heterocycles. The molecule has 7 atom stereocenters. The van der Waals surface area contributed by atoms with E-state index in [0.717, 1.165) is 0 Å². The summed E-state index contributed by atoms with van der Waals surface area (Å²) in [6, 6.07) is 0. The Kier molecular flexibility index (Phi) is 3.84. The van der Waals surface area contributed by atoms with Gasteiger partial charge >= 0.3 is 11.9 Å².